The van der Waals surface area contributed by atoms with E-state index in [-0.39, 0.29) is 4.87 Å². The molecule has 50 valence electrons. The molecule has 4 heteroatoms. The molecule has 0 radical (unpaired) electrons. The fourth-order valence-corrected chi connectivity index (χ4v) is 1.67. The number of thiazole rings is 1. The van der Waals surface area contributed by atoms with Gasteiger partial charge in [0, 0.05) is 11.6 Å². The molecule has 0 aliphatic rings. The number of nitrogens with zero attached hydrogens (tertiary/aromatic N) is 1. The summed E-state index contributed by atoms with van der Waals surface area (Å²) < 4.78 is 1.69. The van der Waals surface area contributed by atoms with E-state index in [0.717, 1.165) is 5.88 Å². The molecule has 9 heavy (non-hydrogen) atoms. The Morgan fingerprint density at radius 3 is 3.11 bits per heavy atom. The van der Waals surface area contributed by atoms with Crippen molar-refractivity contribution >= 4 is 23.1 Å². The maximum Gasteiger partial charge on any atom is 0.307 e. The first-order valence-corrected chi connectivity index (χ1v) is 4.75. The Balaban J connectivity index is 2.81. The summed E-state index contributed by atoms with van der Waals surface area (Å²) in [5.74, 6) is 0.766. The minimum atomic E-state index is 0.129. The second-order valence-electron chi connectivity index (χ2n) is 1.56. The molecule has 0 atom stereocenters. The van der Waals surface area contributed by atoms with Gasteiger partial charge in [-0.25, -0.2) is 0 Å². The van der Waals surface area contributed by atoms with E-state index >= 15 is 0 Å². The van der Waals surface area contributed by atoms with Gasteiger partial charge in [0.05, 0.1) is 5.88 Å². The lowest BCUT2D eigenvalue weighted by molar-refractivity contribution is 0.875. The Morgan fingerprint density at radius 1 is 1.89 bits per heavy atom. The van der Waals surface area contributed by atoms with Gasteiger partial charge < -0.3 is 0 Å². The normalized spacial score (nSPS) is 9.89. The van der Waals surface area contributed by atoms with Crippen molar-refractivity contribution in [1.82, 2.24) is 4.57 Å². The Bertz CT molecular complexity index is 227. The topological polar surface area (TPSA) is 22.0 Å². The van der Waals surface area contributed by atoms with Crippen molar-refractivity contribution in [3.8, 4) is 0 Å². The number of hydrogen-bond acceptors (Lipinski definition) is 3. The van der Waals surface area contributed by atoms with Crippen molar-refractivity contribution in [3.63, 3.8) is 0 Å². The van der Waals surface area contributed by atoms with Gasteiger partial charge >= 0.3 is 4.87 Å². The van der Waals surface area contributed by atoms with Gasteiger partial charge in [0.2, 0.25) is 0 Å². The van der Waals surface area contributed by atoms with Crippen LogP contribution in [0.15, 0.2) is 16.4 Å². The third-order valence-electron chi connectivity index (χ3n) is 0.912. The van der Waals surface area contributed by atoms with Crippen LogP contribution < -0.4 is 4.87 Å². The lowest BCUT2D eigenvalue weighted by atomic mass is 10.9. The van der Waals surface area contributed by atoms with Crippen molar-refractivity contribution in [2.24, 2.45) is 0 Å². The summed E-state index contributed by atoms with van der Waals surface area (Å²) in [6.45, 7) is 0. The van der Waals surface area contributed by atoms with Crippen LogP contribution in [0.1, 0.15) is 0 Å². The molecule has 0 aliphatic heterocycles. The lowest BCUT2D eigenvalue weighted by Gasteiger charge is -1.92. The van der Waals surface area contributed by atoms with Crippen molar-refractivity contribution in [2.75, 3.05) is 6.26 Å². The molecular weight excluding hydrogens is 154 g/mol. The monoisotopic (exact) mass is 161 g/mol. The molecule has 1 heterocycles. The largest absolute Gasteiger partial charge is 0.307 e. The Hall–Kier alpha value is -0.220. The highest BCUT2D eigenvalue weighted by molar-refractivity contribution is 7.97. The number of rotatable bonds is 2. The Morgan fingerprint density at radius 2 is 2.67 bits per heavy atom. The Kier molecular flexibility index (Phi) is 2.36. The van der Waals surface area contributed by atoms with Crippen LogP contribution in [0.2, 0.25) is 0 Å². The predicted octanol–water partition coefficient (Wildman–Crippen LogP) is 1.23. The molecule has 0 aromatic carbocycles. The molecule has 0 aliphatic carbocycles. The molecule has 2 nitrogen and oxygen atoms in total. The molecule has 0 fully saturated rings. The third-order valence-corrected chi connectivity index (χ3v) is 2.14. The third kappa shape index (κ3) is 1.59. The maximum atomic E-state index is 10.8. The van der Waals surface area contributed by atoms with E-state index in [2.05, 4.69) is 0 Å². The van der Waals surface area contributed by atoms with Crippen LogP contribution in [0.4, 0.5) is 0 Å². The summed E-state index contributed by atoms with van der Waals surface area (Å²) in [5.41, 5.74) is 0. The van der Waals surface area contributed by atoms with E-state index in [4.69, 9.17) is 0 Å². The zero-order chi connectivity index (χ0) is 6.69. The smallest absolute Gasteiger partial charge is 0.296 e. The SMILES string of the molecule is CSCn1ccsc1=O. The quantitative estimate of drug-likeness (QED) is 0.651. The molecule has 0 amide bonds. The van der Waals surface area contributed by atoms with Crippen LogP contribution in [0.5, 0.6) is 0 Å². The number of hydrogen-bond donors (Lipinski definition) is 0. The van der Waals surface area contributed by atoms with Gasteiger partial charge in [-0.15, -0.1) is 11.8 Å². The first kappa shape index (κ1) is 6.89. The molecular formula is C5H7NOS2. The van der Waals surface area contributed by atoms with Crippen LogP contribution >= 0.6 is 23.1 Å². The molecule has 0 bridgehead atoms. The van der Waals surface area contributed by atoms with Crippen LogP contribution in [0, 0.1) is 0 Å². The molecule has 1 aromatic heterocycles. The molecule has 0 saturated heterocycles. The second-order valence-corrected chi connectivity index (χ2v) is 3.25. The van der Waals surface area contributed by atoms with Crippen molar-refractivity contribution in [1.29, 1.82) is 0 Å². The van der Waals surface area contributed by atoms with E-state index < -0.39 is 0 Å². The van der Waals surface area contributed by atoms with E-state index in [9.17, 15) is 4.79 Å². The highest BCUT2D eigenvalue weighted by Gasteiger charge is 1.91. The zero-order valence-electron chi connectivity index (χ0n) is 5.03. The summed E-state index contributed by atoms with van der Waals surface area (Å²) in [6.07, 6.45) is 3.79. The molecule has 0 unspecified atom stereocenters. The first-order chi connectivity index (χ1) is 4.34. The minimum Gasteiger partial charge on any atom is -0.296 e. The maximum absolute atomic E-state index is 10.8. The van der Waals surface area contributed by atoms with E-state index in [1.54, 1.807) is 21.7 Å². The zero-order valence-corrected chi connectivity index (χ0v) is 6.67. The summed E-state index contributed by atoms with van der Waals surface area (Å²) in [6, 6.07) is 0. The van der Waals surface area contributed by atoms with Gasteiger partial charge in [0.25, 0.3) is 0 Å². The standard InChI is InChI=1S/C5H7NOS2/c1-8-4-6-2-3-9-5(6)7/h2-3H,4H2,1H3. The highest BCUT2D eigenvalue weighted by atomic mass is 32.2. The van der Waals surface area contributed by atoms with Crippen molar-refractivity contribution < 1.29 is 0 Å². The van der Waals surface area contributed by atoms with Crippen LogP contribution in [-0.4, -0.2) is 10.8 Å². The summed E-state index contributed by atoms with van der Waals surface area (Å²) >= 11 is 2.88. The number of aromatic nitrogens is 1. The van der Waals surface area contributed by atoms with Crippen LogP contribution in [-0.2, 0) is 5.88 Å². The highest BCUT2D eigenvalue weighted by Crippen LogP contribution is 1.97. The van der Waals surface area contributed by atoms with E-state index in [1.807, 2.05) is 12.5 Å². The fraction of sp³-hybridized carbons (Fsp3) is 0.400. The van der Waals surface area contributed by atoms with Gasteiger partial charge in [0.15, 0.2) is 0 Å². The fourth-order valence-electron chi connectivity index (χ4n) is 0.525. The molecule has 0 saturated carbocycles. The van der Waals surface area contributed by atoms with Crippen molar-refractivity contribution in [2.45, 2.75) is 5.88 Å². The first-order valence-electron chi connectivity index (χ1n) is 2.47. The average Bonchev–Trinajstić information content (AvgIpc) is 2.18. The van der Waals surface area contributed by atoms with E-state index in [0.29, 0.717) is 0 Å². The van der Waals surface area contributed by atoms with Crippen LogP contribution in [0.25, 0.3) is 0 Å². The van der Waals surface area contributed by atoms with Gasteiger partial charge in [-0.1, -0.05) is 11.3 Å². The lowest BCUT2D eigenvalue weighted by Crippen LogP contribution is -2.09. The summed E-state index contributed by atoms with van der Waals surface area (Å²) in [7, 11) is 0. The summed E-state index contributed by atoms with van der Waals surface area (Å²) in [5, 5.41) is 1.80. The molecule has 1 rings (SSSR count). The van der Waals surface area contributed by atoms with Crippen LogP contribution in [0.3, 0.4) is 0 Å². The second kappa shape index (κ2) is 3.08. The number of thioether (sulfide) groups is 1. The average molecular weight is 161 g/mol. The van der Waals surface area contributed by atoms with Gasteiger partial charge in [-0.05, 0) is 6.26 Å². The Labute approximate surface area is 61.5 Å². The van der Waals surface area contributed by atoms with Gasteiger partial charge in [0.1, 0.15) is 0 Å². The molecule has 1 aromatic rings. The minimum absolute atomic E-state index is 0.129. The molecule has 0 N–H and O–H groups in total. The summed E-state index contributed by atoms with van der Waals surface area (Å²) in [4.78, 5) is 10.9. The molecule has 0 spiro atoms. The van der Waals surface area contributed by atoms with Crippen molar-refractivity contribution in [3.05, 3.63) is 21.2 Å². The van der Waals surface area contributed by atoms with Gasteiger partial charge in [-0.3, -0.25) is 9.36 Å². The van der Waals surface area contributed by atoms with Gasteiger partial charge in [-0.2, -0.15) is 0 Å². The van der Waals surface area contributed by atoms with E-state index in [1.165, 1.54) is 11.3 Å². The predicted molar refractivity (Wildman–Crippen MR) is 42.1 cm³/mol.